The molecule has 0 radical (unpaired) electrons. The molecule has 1 heterocycles. The van der Waals surface area contributed by atoms with Gasteiger partial charge in [0.15, 0.2) is 0 Å². The molecular weight excluding hydrogens is 240 g/mol. The Morgan fingerprint density at radius 3 is 2.93 bits per heavy atom. The Hall–Kier alpha value is -0.830. The first-order chi connectivity index (χ1) is 6.65. The van der Waals surface area contributed by atoms with Crippen LogP contribution in [0.5, 0.6) is 0 Å². The number of hydrogen-bond acceptors (Lipinski definition) is 1. The number of halogens is 1. The van der Waals surface area contributed by atoms with E-state index in [0.29, 0.717) is 5.92 Å². The van der Waals surface area contributed by atoms with Crippen LogP contribution in [0.1, 0.15) is 19.7 Å². The van der Waals surface area contributed by atoms with Crippen LogP contribution in [0.25, 0.3) is 11.0 Å². The monoisotopic (exact) mass is 252 g/mol. The highest BCUT2D eigenvalue weighted by molar-refractivity contribution is 9.10. The number of nitrogens with one attached hydrogen (secondary N) is 1. The number of nitrogens with zero attached hydrogens (tertiary/aromatic N) is 1. The van der Waals surface area contributed by atoms with Gasteiger partial charge in [0.05, 0.1) is 11.0 Å². The van der Waals surface area contributed by atoms with Crippen molar-refractivity contribution in [3.05, 3.63) is 28.5 Å². The Kier molecular flexibility index (Phi) is 2.59. The first kappa shape index (κ1) is 9.71. The van der Waals surface area contributed by atoms with Crippen molar-refractivity contribution in [3.8, 4) is 0 Å². The summed E-state index contributed by atoms with van der Waals surface area (Å²) >= 11 is 3.44. The highest BCUT2D eigenvalue weighted by Gasteiger charge is 2.04. The van der Waals surface area contributed by atoms with E-state index in [0.717, 1.165) is 27.8 Å². The molecule has 2 aromatic rings. The van der Waals surface area contributed by atoms with Gasteiger partial charge in [0, 0.05) is 10.9 Å². The molecule has 0 bridgehead atoms. The maximum atomic E-state index is 4.52. The summed E-state index contributed by atoms with van der Waals surface area (Å²) in [6, 6.07) is 6.11. The van der Waals surface area contributed by atoms with Gasteiger partial charge in [0.2, 0.25) is 0 Å². The van der Waals surface area contributed by atoms with E-state index in [2.05, 4.69) is 45.8 Å². The lowest BCUT2D eigenvalue weighted by molar-refractivity contribution is 0.627. The summed E-state index contributed by atoms with van der Waals surface area (Å²) in [6.45, 7) is 4.40. The van der Waals surface area contributed by atoms with E-state index in [1.807, 2.05) is 12.1 Å². The quantitative estimate of drug-likeness (QED) is 0.871. The predicted octanol–water partition coefficient (Wildman–Crippen LogP) is 3.52. The second-order valence-electron chi connectivity index (χ2n) is 3.94. The standard InChI is InChI=1S/C11H13BrN2/c1-7(2)5-11-13-9-4-3-8(12)6-10(9)14-11/h3-4,6-7H,5H2,1-2H3,(H,13,14). The predicted molar refractivity (Wildman–Crippen MR) is 62.3 cm³/mol. The lowest BCUT2D eigenvalue weighted by atomic mass is 10.1. The minimum Gasteiger partial charge on any atom is -0.342 e. The molecule has 0 atom stereocenters. The maximum absolute atomic E-state index is 4.52. The van der Waals surface area contributed by atoms with Gasteiger partial charge >= 0.3 is 0 Å². The molecule has 0 saturated carbocycles. The second kappa shape index (κ2) is 3.73. The van der Waals surface area contributed by atoms with E-state index in [1.54, 1.807) is 0 Å². The Morgan fingerprint density at radius 1 is 1.43 bits per heavy atom. The molecule has 74 valence electrons. The summed E-state index contributed by atoms with van der Waals surface area (Å²) in [5, 5.41) is 0. The molecule has 0 aliphatic carbocycles. The minimum atomic E-state index is 0.638. The minimum absolute atomic E-state index is 0.638. The fourth-order valence-corrected chi connectivity index (χ4v) is 1.88. The molecule has 0 spiro atoms. The van der Waals surface area contributed by atoms with E-state index in [-0.39, 0.29) is 0 Å². The fourth-order valence-electron chi connectivity index (χ4n) is 1.52. The fraction of sp³-hybridized carbons (Fsp3) is 0.364. The summed E-state index contributed by atoms with van der Waals surface area (Å²) in [6.07, 6.45) is 1.01. The van der Waals surface area contributed by atoms with Crippen molar-refractivity contribution in [2.45, 2.75) is 20.3 Å². The van der Waals surface area contributed by atoms with Gasteiger partial charge in [-0.2, -0.15) is 0 Å². The average Bonchev–Trinajstić information content (AvgIpc) is 2.44. The number of hydrogen-bond donors (Lipinski definition) is 1. The molecule has 14 heavy (non-hydrogen) atoms. The Bertz CT molecular complexity index is 445. The zero-order valence-electron chi connectivity index (χ0n) is 8.34. The first-order valence-corrected chi connectivity index (χ1v) is 5.58. The molecule has 2 rings (SSSR count). The summed E-state index contributed by atoms with van der Waals surface area (Å²) in [4.78, 5) is 7.84. The molecule has 0 unspecified atom stereocenters. The largest absolute Gasteiger partial charge is 0.342 e. The molecule has 0 saturated heterocycles. The molecule has 0 aliphatic rings. The third-order valence-electron chi connectivity index (χ3n) is 2.09. The highest BCUT2D eigenvalue weighted by atomic mass is 79.9. The number of aromatic nitrogens is 2. The number of H-pyrrole nitrogens is 1. The van der Waals surface area contributed by atoms with E-state index < -0.39 is 0 Å². The van der Waals surface area contributed by atoms with Crippen molar-refractivity contribution in [2.24, 2.45) is 5.92 Å². The van der Waals surface area contributed by atoms with Gasteiger partial charge < -0.3 is 4.98 Å². The molecule has 0 fully saturated rings. The number of fused-ring (bicyclic) bond motifs is 1. The van der Waals surface area contributed by atoms with Crippen molar-refractivity contribution < 1.29 is 0 Å². The summed E-state index contributed by atoms with van der Waals surface area (Å²) in [5.74, 6) is 1.71. The van der Waals surface area contributed by atoms with E-state index in [9.17, 15) is 0 Å². The highest BCUT2D eigenvalue weighted by Crippen LogP contribution is 2.18. The van der Waals surface area contributed by atoms with Crippen LogP contribution in [0.3, 0.4) is 0 Å². The van der Waals surface area contributed by atoms with Crippen molar-refractivity contribution in [2.75, 3.05) is 0 Å². The van der Waals surface area contributed by atoms with Crippen molar-refractivity contribution >= 4 is 27.0 Å². The number of benzene rings is 1. The molecule has 3 heteroatoms. The van der Waals surface area contributed by atoms with E-state index in [1.165, 1.54) is 0 Å². The van der Waals surface area contributed by atoms with Crippen LogP contribution in [-0.2, 0) is 6.42 Å². The molecule has 2 nitrogen and oxygen atoms in total. The van der Waals surface area contributed by atoms with Gasteiger partial charge in [-0.25, -0.2) is 4.98 Å². The first-order valence-electron chi connectivity index (χ1n) is 4.79. The normalized spacial score (nSPS) is 11.4. The van der Waals surface area contributed by atoms with Gasteiger partial charge in [-0.05, 0) is 24.1 Å². The lowest BCUT2D eigenvalue weighted by Crippen LogP contribution is -1.95. The molecule has 0 aliphatic heterocycles. The average molecular weight is 253 g/mol. The number of imidazole rings is 1. The summed E-state index contributed by atoms with van der Waals surface area (Å²) in [7, 11) is 0. The number of aromatic amines is 1. The maximum Gasteiger partial charge on any atom is 0.107 e. The second-order valence-corrected chi connectivity index (χ2v) is 4.86. The Labute approximate surface area is 91.9 Å². The molecule has 1 N–H and O–H groups in total. The molecule has 1 aromatic heterocycles. The molecule has 1 aromatic carbocycles. The van der Waals surface area contributed by atoms with Crippen LogP contribution in [0, 0.1) is 5.92 Å². The van der Waals surface area contributed by atoms with Crippen molar-refractivity contribution in [1.29, 1.82) is 0 Å². The van der Waals surface area contributed by atoms with Gasteiger partial charge in [-0.3, -0.25) is 0 Å². The van der Waals surface area contributed by atoms with Gasteiger partial charge in [-0.1, -0.05) is 29.8 Å². The zero-order valence-corrected chi connectivity index (χ0v) is 9.93. The smallest absolute Gasteiger partial charge is 0.107 e. The molecular formula is C11H13BrN2. The van der Waals surface area contributed by atoms with Gasteiger partial charge in [0.1, 0.15) is 5.82 Å². The van der Waals surface area contributed by atoms with Crippen molar-refractivity contribution in [1.82, 2.24) is 9.97 Å². The number of rotatable bonds is 2. The van der Waals surface area contributed by atoms with Crippen molar-refractivity contribution in [3.63, 3.8) is 0 Å². The van der Waals surface area contributed by atoms with E-state index in [4.69, 9.17) is 0 Å². The Balaban J connectivity index is 2.41. The SMILES string of the molecule is CC(C)Cc1nc2ccc(Br)cc2[nH]1. The van der Waals surface area contributed by atoms with Crippen LogP contribution >= 0.6 is 15.9 Å². The van der Waals surface area contributed by atoms with Crippen LogP contribution in [-0.4, -0.2) is 9.97 Å². The van der Waals surface area contributed by atoms with Crippen LogP contribution in [0.2, 0.25) is 0 Å². The van der Waals surface area contributed by atoms with Gasteiger partial charge in [-0.15, -0.1) is 0 Å². The van der Waals surface area contributed by atoms with Crippen LogP contribution in [0.15, 0.2) is 22.7 Å². The zero-order chi connectivity index (χ0) is 10.1. The molecule has 0 amide bonds. The van der Waals surface area contributed by atoms with Gasteiger partial charge in [0.25, 0.3) is 0 Å². The van der Waals surface area contributed by atoms with Crippen LogP contribution < -0.4 is 0 Å². The summed E-state index contributed by atoms with van der Waals surface area (Å²) in [5.41, 5.74) is 2.15. The third-order valence-corrected chi connectivity index (χ3v) is 2.59. The van der Waals surface area contributed by atoms with Crippen LogP contribution in [0.4, 0.5) is 0 Å². The topological polar surface area (TPSA) is 28.7 Å². The Morgan fingerprint density at radius 2 is 2.21 bits per heavy atom. The lowest BCUT2D eigenvalue weighted by Gasteiger charge is -1.98. The summed E-state index contributed by atoms with van der Waals surface area (Å²) < 4.78 is 1.09. The third kappa shape index (κ3) is 1.98. The van der Waals surface area contributed by atoms with E-state index >= 15 is 0 Å².